The first-order chi connectivity index (χ1) is 9.83. The van der Waals surface area contributed by atoms with Crippen LogP contribution in [0.1, 0.15) is 5.56 Å². The molecule has 0 bridgehead atoms. The number of nitrogens with one attached hydrogen (secondary N) is 1. The summed E-state index contributed by atoms with van der Waals surface area (Å²) in [5.74, 6) is 0.459. The van der Waals surface area contributed by atoms with Crippen molar-refractivity contribution >= 4 is 47.6 Å². The maximum atomic E-state index is 12.5. The molecule has 2 rings (SSSR count). The first-order valence-corrected chi connectivity index (χ1v) is 9.03. The molecule has 4 nitrogen and oxygen atoms in total. The minimum atomic E-state index is -3.68. The molecular formula is C14H13Br2NO3S. The summed E-state index contributed by atoms with van der Waals surface area (Å²) in [4.78, 5) is 0.182. The Balaban J connectivity index is 2.46. The Morgan fingerprint density at radius 1 is 1.10 bits per heavy atom. The molecule has 112 valence electrons. The molecule has 2 aromatic rings. The van der Waals surface area contributed by atoms with Crippen molar-refractivity contribution in [3.05, 3.63) is 50.9 Å². The highest BCUT2D eigenvalue weighted by Gasteiger charge is 2.18. The second-order valence-electron chi connectivity index (χ2n) is 4.36. The predicted octanol–water partition coefficient (Wildman–Crippen LogP) is 4.33. The van der Waals surface area contributed by atoms with E-state index >= 15 is 0 Å². The fourth-order valence-electron chi connectivity index (χ4n) is 1.83. The fraction of sp³-hybridized carbons (Fsp3) is 0.143. The number of aryl methyl sites for hydroxylation is 1. The van der Waals surface area contributed by atoms with Crippen LogP contribution in [-0.4, -0.2) is 15.5 Å². The highest BCUT2D eigenvalue weighted by molar-refractivity contribution is 9.10. The first-order valence-electron chi connectivity index (χ1n) is 5.96. The third-order valence-electron chi connectivity index (χ3n) is 2.83. The van der Waals surface area contributed by atoms with Crippen molar-refractivity contribution in [2.24, 2.45) is 0 Å². The van der Waals surface area contributed by atoms with Crippen molar-refractivity contribution in [1.82, 2.24) is 0 Å². The van der Waals surface area contributed by atoms with E-state index in [1.54, 1.807) is 24.3 Å². The molecule has 2 aromatic carbocycles. The third kappa shape index (κ3) is 3.78. The van der Waals surface area contributed by atoms with Gasteiger partial charge in [0.25, 0.3) is 10.0 Å². The minimum absolute atomic E-state index is 0.182. The van der Waals surface area contributed by atoms with Crippen LogP contribution in [-0.2, 0) is 10.0 Å². The largest absolute Gasteiger partial charge is 0.495 e. The molecule has 1 N–H and O–H groups in total. The second kappa shape index (κ2) is 6.37. The van der Waals surface area contributed by atoms with Crippen LogP contribution in [0.2, 0.25) is 0 Å². The normalized spacial score (nSPS) is 11.2. The van der Waals surface area contributed by atoms with E-state index in [9.17, 15) is 8.42 Å². The summed E-state index contributed by atoms with van der Waals surface area (Å²) < 4.78 is 34.3. The van der Waals surface area contributed by atoms with Gasteiger partial charge in [-0.15, -0.1) is 0 Å². The van der Waals surface area contributed by atoms with E-state index in [-0.39, 0.29) is 4.90 Å². The summed E-state index contributed by atoms with van der Waals surface area (Å²) in [5.41, 5.74) is 1.19. The zero-order chi connectivity index (χ0) is 15.6. The first kappa shape index (κ1) is 16.3. The van der Waals surface area contributed by atoms with Crippen molar-refractivity contribution in [2.75, 3.05) is 11.8 Å². The monoisotopic (exact) mass is 433 g/mol. The molecule has 0 aliphatic carbocycles. The molecule has 0 radical (unpaired) electrons. The van der Waals surface area contributed by atoms with Gasteiger partial charge in [-0.3, -0.25) is 4.72 Å². The SMILES string of the molecule is COc1cc(Br)cc(C)c1NS(=O)(=O)c1cccc(Br)c1. The highest BCUT2D eigenvalue weighted by Crippen LogP contribution is 2.33. The lowest BCUT2D eigenvalue weighted by molar-refractivity contribution is 0.416. The average Bonchev–Trinajstić information content (AvgIpc) is 2.41. The standard InChI is InChI=1S/C14H13Br2NO3S/c1-9-6-11(16)8-13(20-2)14(9)17-21(18,19)12-5-3-4-10(15)7-12/h3-8,17H,1-2H3. The summed E-state index contributed by atoms with van der Waals surface area (Å²) in [6.45, 7) is 1.81. The maximum absolute atomic E-state index is 12.5. The van der Waals surface area contributed by atoms with Gasteiger partial charge in [0.1, 0.15) is 5.75 Å². The minimum Gasteiger partial charge on any atom is -0.495 e. The van der Waals surface area contributed by atoms with Crippen LogP contribution in [0.4, 0.5) is 5.69 Å². The van der Waals surface area contributed by atoms with Crippen molar-refractivity contribution in [1.29, 1.82) is 0 Å². The lowest BCUT2D eigenvalue weighted by atomic mass is 10.2. The summed E-state index contributed by atoms with van der Waals surface area (Å²) in [6.07, 6.45) is 0. The molecule has 0 fully saturated rings. The van der Waals surface area contributed by atoms with Gasteiger partial charge in [-0.1, -0.05) is 37.9 Å². The number of hydrogen-bond donors (Lipinski definition) is 1. The van der Waals surface area contributed by atoms with Gasteiger partial charge in [0.2, 0.25) is 0 Å². The fourth-order valence-corrected chi connectivity index (χ4v) is 4.12. The Hall–Kier alpha value is -1.05. The smallest absolute Gasteiger partial charge is 0.262 e. The number of methoxy groups -OCH3 is 1. The molecule has 21 heavy (non-hydrogen) atoms. The van der Waals surface area contributed by atoms with Gasteiger partial charge in [0.15, 0.2) is 0 Å². The van der Waals surface area contributed by atoms with E-state index in [4.69, 9.17) is 4.74 Å². The van der Waals surface area contributed by atoms with E-state index in [1.165, 1.54) is 13.2 Å². The summed E-state index contributed by atoms with van der Waals surface area (Å²) in [6, 6.07) is 10.1. The van der Waals surface area contributed by atoms with Crippen LogP contribution < -0.4 is 9.46 Å². The van der Waals surface area contributed by atoms with Gasteiger partial charge in [-0.05, 0) is 42.8 Å². The van der Waals surface area contributed by atoms with Crippen LogP contribution >= 0.6 is 31.9 Å². The van der Waals surface area contributed by atoms with E-state index in [0.29, 0.717) is 15.9 Å². The van der Waals surface area contributed by atoms with Crippen LogP contribution in [0.3, 0.4) is 0 Å². The van der Waals surface area contributed by atoms with Gasteiger partial charge in [0.05, 0.1) is 17.7 Å². The Labute approximate surface area is 140 Å². The van der Waals surface area contributed by atoms with Gasteiger partial charge in [0, 0.05) is 8.95 Å². The van der Waals surface area contributed by atoms with Gasteiger partial charge < -0.3 is 4.74 Å². The summed E-state index contributed by atoms with van der Waals surface area (Å²) in [5, 5.41) is 0. The zero-order valence-corrected chi connectivity index (χ0v) is 15.3. The summed E-state index contributed by atoms with van der Waals surface area (Å²) >= 11 is 6.63. The van der Waals surface area contributed by atoms with Gasteiger partial charge in [-0.2, -0.15) is 0 Å². The van der Waals surface area contributed by atoms with Crippen LogP contribution in [0.15, 0.2) is 50.2 Å². The maximum Gasteiger partial charge on any atom is 0.262 e. The molecule has 0 spiro atoms. The van der Waals surface area contributed by atoms with E-state index in [0.717, 1.165) is 10.0 Å². The molecule has 0 saturated heterocycles. The molecule has 0 heterocycles. The lowest BCUT2D eigenvalue weighted by Gasteiger charge is -2.15. The average molecular weight is 435 g/mol. The highest BCUT2D eigenvalue weighted by atomic mass is 79.9. The van der Waals surface area contributed by atoms with Gasteiger partial charge >= 0.3 is 0 Å². The third-order valence-corrected chi connectivity index (χ3v) is 5.13. The molecule has 0 aliphatic heterocycles. The summed E-state index contributed by atoms with van der Waals surface area (Å²) in [7, 11) is -2.18. The number of benzene rings is 2. The topological polar surface area (TPSA) is 55.4 Å². The molecule has 0 aliphatic rings. The predicted molar refractivity (Wildman–Crippen MR) is 90.4 cm³/mol. The molecule has 7 heteroatoms. The van der Waals surface area contributed by atoms with Crippen molar-refractivity contribution < 1.29 is 13.2 Å². The van der Waals surface area contributed by atoms with E-state index < -0.39 is 10.0 Å². The number of halogens is 2. The number of sulfonamides is 1. The van der Waals surface area contributed by atoms with E-state index in [2.05, 4.69) is 36.6 Å². The number of hydrogen-bond acceptors (Lipinski definition) is 3. The molecule has 0 unspecified atom stereocenters. The van der Waals surface area contributed by atoms with Crippen LogP contribution in [0.25, 0.3) is 0 Å². The van der Waals surface area contributed by atoms with Crippen molar-refractivity contribution in [3.8, 4) is 5.75 Å². The van der Waals surface area contributed by atoms with E-state index in [1.807, 2.05) is 13.0 Å². The van der Waals surface area contributed by atoms with Crippen molar-refractivity contribution in [2.45, 2.75) is 11.8 Å². The Morgan fingerprint density at radius 2 is 1.81 bits per heavy atom. The molecular weight excluding hydrogens is 422 g/mol. The van der Waals surface area contributed by atoms with Crippen LogP contribution in [0.5, 0.6) is 5.75 Å². The van der Waals surface area contributed by atoms with Gasteiger partial charge in [-0.25, -0.2) is 8.42 Å². The second-order valence-corrected chi connectivity index (χ2v) is 7.88. The number of ether oxygens (including phenoxy) is 1. The Morgan fingerprint density at radius 3 is 2.43 bits per heavy atom. The van der Waals surface area contributed by atoms with Crippen LogP contribution in [0, 0.1) is 6.92 Å². The van der Waals surface area contributed by atoms with Crippen molar-refractivity contribution in [3.63, 3.8) is 0 Å². The molecule has 0 atom stereocenters. The lowest BCUT2D eigenvalue weighted by Crippen LogP contribution is -2.14. The molecule has 0 saturated carbocycles. The Bertz CT molecular complexity index is 776. The Kier molecular flexibility index (Phi) is 4.95. The quantitative estimate of drug-likeness (QED) is 0.778. The number of rotatable bonds is 4. The zero-order valence-electron chi connectivity index (χ0n) is 11.4. The number of anilines is 1. The molecule has 0 amide bonds. The molecule has 0 aromatic heterocycles.